The van der Waals surface area contributed by atoms with Gasteiger partial charge in [0.2, 0.25) is 0 Å². The van der Waals surface area contributed by atoms with Crippen LogP contribution in [0.3, 0.4) is 0 Å². The first-order valence-electron chi connectivity index (χ1n) is 8.38. The average Bonchev–Trinajstić information content (AvgIpc) is 3.18. The van der Waals surface area contributed by atoms with Crippen molar-refractivity contribution < 1.29 is 0 Å². The monoisotopic (exact) mass is 339 g/mol. The van der Waals surface area contributed by atoms with E-state index in [9.17, 15) is 0 Å². The lowest BCUT2D eigenvalue weighted by atomic mass is 10.2. The van der Waals surface area contributed by atoms with Crippen LogP contribution in [0.1, 0.15) is 12.8 Å². The quantitative estimate of drug-likeness (QED) is 0.752. The number of H-pyrrole nitrogens is 1. The van der Waals surface area contributed by atoms with Crippen LogP contribution in [0.25, 0.3) is 22.4 Å². The molecule has 0 unspecified atom stereocenters. The minimum Gasteiger partial charge on any atom is -0.353 e. The van der Waals surface area contributed by atoms with Gasteiger partial charge in [-0.15, -0.1) is 0 Å². The number of benzene rings is 1. The average molecular weight is 340 g/mol. The fraction of sp³-hybridized carbons (Fsp3) is 0.333. The number of fused-ring (bicyclic) bond motifs is 3. The predicted molar refractivity (Wildman–Crippen MR) is 96.5 cm³/mol. The normalized spacial score (nSPS) is 23.1. The molecule has 2 N–H and O–H groups in total. The Balaban J connectivity index is 1.54. The van der Waals surface area contributed by atoms with Gasteiger partial charge >= 0.3 is 0 Å². The summed E-state index contributed by atoms with van der Waals surface area (Å²) < 4.78 is 0. The molecule has 2 saturated heterocycles. The Bertz CT molecular complexity index is 860. The lowest BCUT2D eigenvalue weighted by Crippen LogP contribution is -2.51. The standard InChI is InChI=1S/C18H18ClN5/c19-14-8-20-17(24-9-11-5-6-12(10-24)21-11)7-13(14)18-22-15-3-1-2-4-16(15)23-18/h1-4,7-8,11-12,21H,5-6,9-10H2,(H,22,23)/t11-,12+. The third-order valence-corrected chi connectivity index (χ3v) is 5.33. The highest BCUT2D eigenvalue weighted by Crippen LogP contribution is 2.31. The van der Waals surface area contributed by atoms with E-state index in [4.69, 9.17) is 11.6 Å². The maximum Gasteiger partial charge on any atom is 0.140 e. The molecular formula is C18H18ClN5. The van der Waals surface area contributed by atoms with Crippen LogP contribution in [0.2, 0.25) is 5.02 Å². The highest BCUT2D eigenvalue weighted by atomic mass is 35.5. The van der Waals surface area contributed by atoms with Gasteiger partial charge in [0.05, 0.1) is 16.1 Å². The molecule has 2 bridgehead atoms. The van der Waals surface area contributed by atoms with Gasteiger partial charge in [0, 0.05) is 36.9 Å². The van der Waals surface area contributed by atoms with Crippen LogP contribution in [0.4, 0.5) is 5.82 Å². The smallest absolute Gasteiger partial charge is 0.140 e. The number of aromatic nitrogens is 3. The molecule has 2 atom stereocenters. The van der Waals surface area contributed by atoms with Crippen molar-refractivity contribution in [2.24, 2.45) is 0 Å². The Morgan fingerprint density at radius 1 is 1.12 bits per heavy atom. The van der Waals surface area contributed by atoms with E-state index in [0.29, 0.717) is 17.1 Å². The first kappa shape index (κ1) is 14.3. The van der Waals surface area contributed by atoms with Crippen LogP contribution in [0.15, 0.2) is 36.5 Å². The van der Waals surface area contributed by atoms with Crippen molar-refractivity contribution in [3.8, 4) is 11.4 Å². The van der Waals surface area contributed by atoms with E-state index < -0.39 is 0 Å². The summed E-state index contributed by atoms with van der Waals surface area (Å²) in [6.45, 7) is 2.01. The third-order valence-electron chi connectivity index (χ3n) is 5.03. The molecular weight excluding hydrogens is 322 g/mol. The van der Waals surface area contributed by atoms with Crippen molar-refractivity contribution in [3.05, 3.63) is 41.6 Å². The van der Waals surface area contributed by atoms with Crippen LogP contribution in [0.5, 0.6) is 0 Å². The molecule has 5 nitrogen and oxygen atoms in total. The number of anilines is 1. The minimum absolute atomic E-state index is 0.580. The number of piperazine rings is 1. The zero-order chi connectivity index (χ0) is 16.1. The van der Waals surface area contributed by atoms with Crippen LogP contribution >= 0.6 is 11.6 Å². The van der Waals surface area contributed by atoms with E-state index >= 15 is 0 Å². The second kappa shape index (κ2) is 5.46. The minimum atomic E-state index is 0.580. The van der Waals surface area contributed by atoms with E-state index in [2.05, 4.69) is 31.2 Å². The van der Waals surface area contributed by atoms with Crippen molar-refractivity contribution in [1.29, 1.82) is 0 Å². The molecule has 4 heterocycles. The summed E-state index contributed by atoms with van der Waals surface area (Å²) in [6.07, 6.45) is 4.25. The molecule has 0 radical (unpaired) electrons. The van der Waals surface area contributed by atoms with E-state index in [1.165, 1.54) is 12.8 Å². The number of imidazole rings is 1. The molecule has 2 aliphatic heterocycles. The van der Waals surface area contributed by atoms with Crippen LogP contribution in [-0.4, -0.2) is 40.1 Å². The van der Waals surface area contributed by atoms with Gasteiger partial charge in [0.15, 0.2) is 0 Å². The fourth-order valence-corrected chi connectivity index (χ4v) is 4.04. The van der Waals surface area contributed by atoms with E-state index in [1.54, 1.807) is 6.20 Å². The largest absolute Gasteiger partial charge is 0.353 e. The zero-order valence-corrected chi connectivity index (χ0v) is 13.9. The Hall–Kier alpha value is -2.11. The van der Waals surface area contributed by atoms with Crippen LogP contribution < -0.4 is 10.2 Å². The Labute approximate surface area is 145 Å². The number of hydrogen-bond acceptors (Lipinski definition) is 4. The number of aromatic amines is 1. The topological polar surface area (TPSA) is 56.8 Å². The highest BCUT2D eigenvalue weighted by Gasteiger charge is 2.32. The summed E-state index contributed by atoms with van der Waals surface area (Å²) in [4.78, 5) is 15.0. The summed E-state index contributed by atoms with van der Waals surface area (Å²) in [5, 5.41) is 4.27. The molecule has 2 aliphatic rings. The molecule has 2 fully saturated rings. The van der Waals surface area contributed by atoms with E-state index in [-0.39, 0.29) is 0 Å². The molecule has 0 saturated carbocycles. The SMILES string of the molecule is Clc1cnc(N2C[C@H]3CC[C@@H](C2)N3)cc1-c1nc2ccccc2[nH]1. The van der Waals surface area contributed by atoms with Crippen LogP contribution in [0, 0.1) is 0 Å². The van der Waals surface area contributed by atoms with E-state index in [1.807, 2.05) is 24.3 Å². The summed E-state index contributed by atoms with van der Waals surface area (Å²) in [5.41, 5.74) is 2.87. The van der Waals surface area contributed by atoms with Gasteiger partial charge < -0.3 is 15.2 Å². The number of hydrogen-bond donors (Lipinski definition) is 2. The van der Waals surface area contributed by atoms with Crippen molar-refractivity contribution in [2.75, 3.05) is 18.0 Å². The number of nitrogens with zero attached hydrogens (tertiary/aromatic N) is 3. The molecule has 122 valence electrons. The second-order valence-corrected chi connectivity index (χ2v) is 7.07. The molecule has 0 spiro atoms. The summed E-state index contributed by atoms with van der Waals surface area (Å²) in [6, 6.07) is 11.2. The molecule has 2 aromatic heterocycles. The number of halogens is 1. The van der Waals surface area contributed by atoms with Crippen molar-refractivity contribution >= 4 is 28.5 Å². The Morgan fingerprint density at radius 3 is 2.71 bits per heavy atom. The third kappa shape index (κ3) is 2.36. The summed E-state index contributed by atoms with van der Waals surface area (Å²) >= 11 is 6.41. The lowest BCUT2D eigenvalue weighted by Gasteiger charge is -2.33. The molecule has 24 heavy (non-hydrogen) atoms. The molecule has 6 heteroatoms. The van der Waals surface area contributed by atoms with Gasteiger partial charge in [-0.05, 0) is 31.0 Å². The predicted octanol–water partition coefficient (Wildman–Crippen LogP) is 3.22. The molecule has 5 rings (SSSR count). The highest BCUT2D eigenvalue weighted by molar-refractivity contribution is 6.33. The molecule has 0 aliphatic carbocycles. The number of rotatable bonds is 2. The summed E-state index contributed by atoms with van der Waals surface area (Å²) in [7, 11) is 0. The van der Waals surface area contributed by atoms with E-state index in [0.717, 1.165) is 41.3 Å². The zero-order valence-electron chi connectivity index (χ0n) is 13.2. The van der Waals surface area contributed by atoms with Crippen LogP contribution in [-0.2, 0) is 0 Å². The Morgan fingerprint density at radius 2 is 1.92 bits per heavy atom. The number of pyridine rings is 1. The first-order chi connectivity index (χ1) is 11.8. The van der Waals surface area contributed by atoms with Gasteiger partial charge in [-0.1, -0.05) is 23.7 Å². The molecule has 3 aromatic rings. The van der Waals surface area contributed by atoms with Gasteiger partial charge in [-0.3, -0.25) is 0 Å². The molecule has 1 aromatic carbocycles. The number of nitrogens with one attached hydrogen (secondary N) is 2. The maximum atomic E-state index is 6.41. The first-order valence-corrected chi connectivity index (χ1v) is 8.76. The number of para-hydroxylation sites is 2. The van der Waals surface area contributed by atoms with Gasteiger partial charge in [-0.25, -0.2) is 9.97 Å². The van der Waals surface area contributed by atoms with Crippen molar-refractivity contribution in [1.82, 2.24) is 20.3 Å². The van der Waals surface area contributed by atoms with Crippen molar-refractivity contribution in [2.45, 2.75) is 24.9 Å². The maximum absolute atomic E-state index is 6.41. The van der Waals surface area contributed by atoms with Gasteiger partial charge in [0.1, 0.15) is 11.6 Å². The van der Waals surface area contributed by atoms with Gasteiger partial charge in [0.25, 0.3) is 0 Å². The summed E-state index contributed by atoms with van der Waals surface area (Å²) in [5.74, 6) is 1.77. The lowest BCUT2D eigenvalue weighted by molar-refractivity contribution is 0.463. The van der Waals surface area contributed by atoms with Crippen molar-refractivity contribution in [3.63, 3.8) is 0 Å². The Kier molecular flexibility index (Phi) is 3.24. The fourth-order valence-electron chi connectivity index (χ4n) is 3.85. The van der Waals surface area contributed by atoms with Gasteiger partial charge in [-0.2, -0.15) is 0 Å². The second-order valence-electron chi connectivity index (χ2n) is 6.67. The molecule has 0 amide bonds.